The fourth-order valence-electron chi connectivity index (χ4n) is 2.33. The molecule has 0 spiro atoms. The normalized spacial score (nSPS) is 10.5. The van der Waals surface area contributed by atoms with Gasteiger partial charge in [-0.25, -0.2) is 9.78 Å². The lowest BCUT2D eigenvalue weighted by molar-refractivity contribution is 0.0466. The predicted molar refractivity (Wildman–Crippen MR) is 88.7 cm³/mol. The minimum absolute atomic E-state index is 0.0264. The van der Waals surface area contributed by atoms with Crippen LogP contribution in [0.4, 0.5) is 5.69 Å². The summed E-state index contributed by atoms with van der Waals surface area (Å²) in [7, 11) is 0. The minimum atomic E-state index is -0.559. The van der Waals surface area contributed by atoms with Gasteiger partial charge in [0.05, 0.1) is 6.61 Å². The van der Waals surface area contributed by atoms with Crippen LogP contribution >= 0.6 is 0 Å². The fourth-order valence-corrected chi connectivity index (χ4v) is 2.33. The van der Waals surface area contributed by atoms with Crippen molar-refractivity contribution in [3.8, 4) is 0 Å². The van der Waals surface area contributed by atoms with Crippen LogP contribution in [-0.4, -0.2) is 16.1 Å². The molecule has 1 heterocycles. The van der Waals surface area contributed by atoms with Crippen molar-refractivity contribution in [2.45, 2.75) is 13.2 Å². The number of nitrogens with zero attached hydrogens (tertiary/aromatic N) is 2. The lowest BCUT2D eigenvalue weighted by Crippen LogP contribution is -2.07. The van der Waals surface area contributed by atoms with Gasteiger partial charge >= 0.3 is 5.97 Å². The third kappa shape index (κ3) is 3.44. The van der Waals surface area contributed by atoms with Crippen LogP contribution in [0.25, 0.3) is 10.8 Å². The lowest BCUT2D eigenvalue weighted by Gasteiger charge is -2.06. The van der Waals surface area contributed by atoms with E-state index in [1.165, 1.54) is 0 Å². The molecule has 0 radical (unpaired) electrons. The molecule has 0 aliphatic heterocycles. The molecule has 0 bridgehead atoms. The number of ether oxygens (including phenoxy) is 1. The molecule has 0 amide bonds. The van der Waals surface area contributed by atoms with Gasteiger partial charge < -0.3 is 9.84 Å². The van der Waals surface area contributed by atoms with E-state index in [-0.39, 0.29) is 24.6 Å². The Morgan fingerprint density at radius 1 is 1.08 bits per heavy atom. The van der Waals surface area contributed by atoms with Crippen molar-refractivity contribution in [1.29, 1.82) is 0 Å². The molecule has 0 aliphatic carbocycles. The van der Waals surface area contributed by atoms with Gasteiger partial charge in [-0.15, -0.1) is 4.91 Å². The van der Waals surface area contributed by atoms with Crippen LogP contribution in [0.1, 0.15) is 21.6 Å². The molecular weight excluding hydrogens is 308 g/mol. The van der Waals surface area contributed by atoms with Crippen LogP contribution in [0.15, 0.2) is 59.9 Å². The van der Waals surface area contributed by atoms with Crippen LogP contribution in [-0.2, 0) is 18.0 Å². The van der Waals surface area contributed by atoms with Crippen molar-refractivity contribution in [3.05, 3.63) is 76.5 Å². The molecule has 3 aromatic rings. The second-order valence-corrected chi connectivity index (χ2v) is 5.25. The van der Waals surface area contributed by atoms with Gasteiger partial charge in [-0.2, -0.15) is 0 Å². The first kappa shape index (κ1) is 15.8. The standard InChI is InChI=1S/C18H14N2O4/c21-10-12-4-5-14-9-19-17(8-15(14)6-12)18(22)24-11-13-2-1-3-16(7-13)20-23/h1-9,21H,10-11H2. The molecule has 0 saturated heterocycles. The van der Waals surface area contributed by atoms with E-state index in [1.54, 1.807) is 48.7 Å². The van der Waals surface area contributed by atoms with E-state index in [2.05, 4.69) is 10.2 Å². The molecule has 1 aromatic heterocycles. The highest BCUT2D eigenvalue weighted by Gasteiger charge is 2.10. The maximum absolute atomic E-state index is 12.2. The largest absolute Gasteiger partial charge is 0.456 e. The van der Waals surface area contributed by atoms with Crippen molar-refractivity contribution in [2.75, 3.05) is 0 Å². The monoisotopic (exact) mass is 322 g/mol. The number of carbonyl (C=O) groups is 1. The Hall–Kier alpha value is -3.12. The average Bonchev–Trinajstić information content (AvgIpc) is 2.65. The fraction of sp³-hybridized carbons (Fsp3) is 0.111. The summed E-state index contributed by atoms with van der Waals surface area (Å²) in [6.45, 7) is -0.0439. The zero-order chi connectivity index (χ0) is 16.9. The van der Waals surface area contributed by atoms with Crippen LogP contribution in [0.5, 0.6) is 0 Å². The summed E-state index contributed by atoms with van der Waals surface area (Å²) < 4.78 is 5.22. The van der Waals surface area contributed by atoms with Crippen molar-refractivity contribution in [3.63, 3.8) is 0 Å². The summed E-state index contributed by atoms with van der Waals surface area (Å²) in [5, 5.41) is 13.7. The molecule has 0 aliphatic rings. The molecule has 0 fully saturated rings. The summed E-state index contributed by atoms with van der Waals surface area (Å²) >= 11 is 0. The third-order valence-corrected chi connectivity index (χ3v) is 3.56. The molecule has 120 valence electrons. The van der Waals surface area contributed by atoms with Gasteiger partial charge in [0, 0.05) is 11.6 Å². The lowest BCUT2D eigenvalue weighted by atomic mass is 10.1. The summed E-state index contributed by atoms with van der Waals surface area (Å²) in [5.74, 6) is -0.559. The number of aliphatic hydroxyl groups is 1. The van der Waals surface area contributed by atoms with E-state index in [9.17, 15) is 14.8 Å². The quantitative estimate of drug-likeness (QED) is 0.574. The number of benzene rings is 2. The molecule has 6 heteroatoms. The molecule has 3 rings (SSSR count). The first-order valence-corrected chi connectivity index (χ1v) is 7.28. The Labute approximate surface area is 137 Å². The second kappa shape index (κ2) is 6.97. The van der Waals surface area contributed by atoms with Gasteiger partial charge in [-0.3, -0.25) is 0 Å². The molecule has 0 saturated carbocycles. The molecular formula is C18H14N2O4. The van der Waals surface area contributed by atoms with Gasteiger partial charge in [0.1, 0.15) is 18.0 Å². The van der Waals surface area contributed by atoms with Crippen molar-refractivity contribution in [1.82, 2.24) is 4.98 Å². The zero-order valence-electron chi connectivity index (χ0n) is 12.7. The van der Waals surface area contributed by atoms with Crippen molar-refractivity contribution in [2.24, 2.45) is 5.18 Å². The minimum Gasteiger partial charge on any atom is -0.456 e. The maximum atomic E-state index is 12.2. The van der Waals surface area contributed by atoms with Crippen LogP contribution in [0.2, 0.25) is 0 Å². The zero-order valence-corrected chi connectivity index (χ0v) is 12.7. The van der Waals surface area contributed by atoms with Gasteiger partial charge in [-0.1, -0.05) is 24.3 Å². The highest BCUT2D eigenvalue weighted by atomic mass is 16.5. The predicted octanol–water partition coefficient (Wildman–Crippen LogP) is 3.48. The first-order valence-electron chi connectivity index (χ1n) is 7.28. The molecule has 0 unspecified atom stereocenters. The van der Waals surface area contributed by atoms with Crippen molar-refractivity contribution >= 4 is 22.4 Å². The number of aromatic nitrogens is 1. The van der Waals surface area contributed by atoms with Gasteiger partial charge in [-0.05, 0) is 46.0 Å². The maximum Gasteiger partial charge on any atom is 0.357 e. The number of nitroso groups, excluding NO2 is 1. The number of carbonyl (C=O) groups excluding carboxylic acids is 1. The van der Waals surface area contributed by atoms with E-state index < -0.39 is 5.97 Å². The van der Waals surface area contributed by atoms with Gasteiger partial charge in [0.15, 0.2) is 0 Å². The summed E-state index contributed by atoms with van der Waals surface area (Å²) in [4.78, 5) is 26.8. The number of hydrogen-bond donors (Lipinski definition) is 1. The van der Waals surface area contributed by atoms with E-state index in [1.807, 2.05) is 6.07 Å². The smallest absolute Gasteiger partial charge is 0.357 e. The molecule has 24 heavy (non-hydrogen) atoms. The highest BCUT2D eigenvalue weighted by Crippen LogP contribution is 2.18. The number of esters is 1. The van der Waals surface area contributed by atoms with Crippen LogP contribution in [0.3, 0.4) is 0 Å². The Morgan fingerprint density at radius 3 is 2.75 bits per heavy atom. The molecule has 2 aromatic carbocycles. The van der Waals surface area contributed by atoms with E-state index >= 15 is 0 Å². The van der Waals surface area contributed by atoms with Crippen LogP contribution in [0, 0.1) is 4.91 Å². The first-order chi connectivity index (χ1) is 11.7. The highest BCUT2D eigenvalue weighted by molar-refractivity contribution is 5.93. The number of aliphatic hydroxyl groups excluding tert-OH is 1. The number of rotatable bonds is 5. The summed E-state index contributed by atoms with van der Waals surface area (Å²) in [6.07, 6.45) is 1.59. The van der Waals surface area contributed by atoms with E-state index in [0.717, 1.165) is 16.3 Å². The third-order valence-electron chi connectivity index (χ3n) is 3.56. The molecule has 0 atom stereocenters. The van der Waals surface area contributed by atoms with E-state index in [0.29, 0.717) is 5.56 Å². The SMILES string of the molecule is O=Nc1cccc(COC(=O)c2cc3cc(CO)ccc3cn2)c1. The summed E-state index contributed by atoms with van der Waals surface area (Å²) in [6, 6.07) is 13.6. The Bertz CT molecular complexity index is 908. The molecule has 1 N–H and O–H groups in total. The Morgan fingerprint density at radius 2 is 1.96 bits per heavy atom. The topological polar surface area (TPSA) is 88.8 Å². The summed E-state index contributed by atoms with van der Waals surface area (Å²) in [5.41, 5.74) is 1.89. The Kier molecular flexibility index (Phi) is 4.58. The van der Waals surface area contributed by atoms with E-state index in [4.69, 9.17) is 4.74 Å². The Balaban J connectivity index is 1.76. The van der Waals surface area contributed by atoms with Gasteiger partial charge in [0.2, 0.25) is 0 Å². The second-order valence-electron chi connectivity index (χ2n) is 5.25. The molecule has 6 nitrogen and oxygen atoms in total. The average molecular weight is 322 g/mol. The number of hydrogen-bond acceptors (Lipinski definition) is 6. The van der Waals surface area contributed by atoms with Gasteiger partial charge in [0.25, 0.3) is 0 Å². The number of pyridine rings is 1. The van der Waals surface area contributed by atoms with Crippen LogP contribution < -0.4 is 0 Å². The number of fused-ring (bicyclic) bond motifs is 1. The van der Waals surface area contributed by atoms with Crippen molar-refractivity contribution < 1.29 is 14.6 Å².